The molecular weight excluding hydrogens is 472 g/mol. The Morgan fingerprint density at radius 2 is 1.97 bits per heavy atom. The second kappa shape index (κ2) is 13.7. The number of likely N-dealkylation sites (N-methyl/N-ethyl adjacent to an activating group) is 1. The number of nitrogens with zero attached hydrogens (tertiary/aromatic N) is 5. The van der Waals surface area contributed by atoms with Gasteiger partial charge in [-0.05, 0) is 72.9 Å². The lowest BCUT2D eigenvalue weighted by Gasteiger charge is -2.37. The van der Waals surface area contributed by atoms with Crippen LogP contribution in [0.1, 0.15) is 36.1 Å². The van der Waals surface area contributed by atoms with Crippen LogP contribution >= 0.6 is 0 Å². The van der Waals surface area contributed by atoms with Crippen LogP contribution in [0.5, 0.6) is 0 Å². The number of benzene rings is 1. The van der Waals surface area contributed by atoms with Crippen molar-refractivity contribution in [2.24, 2.45) is 10.7 Å². The number of hydrogen-bond acceptors (Lipinski definition) is 7. The van der Waals surface area contributed by atoms with Crippen molar-refractivity contribution in [3.05, 3.63) is 95.5 Å². The maximum Gasteiger partial charge on any atom is 0.131 e. The molecule has 3 rings (SSSR count). The minimum Gasteiger partial charge on any atom is -0.509 e. The fourth-order valence-corrected chi connectivity index (χ4v) is 4.50. The van der Waals surface area contributed by atoms with Gasteiger partial charge in [0.15, 0.2) is 0 Å². The van der Waals surface area contributed by atoms with E-state index in [2.05, 4.69) is 90.0 Å². The lowest BCUT2D eigenvalue weighted by molar-refractivity contribution is 0.203. The molecule has 1 aromatic heterocycles. The highest BCUT2D eigenvalue weighted by molar-refractivity contribution is 6.09. The Morgan fingerprint density at radius 3 is 2.61 bits per heavy atom. The first-order valence-electron chi connectivity index (χ1n) is 13.1. The van der Waals surface area contributed by atoms with Crippen molar-refractivity contribution >= 4 is 23.7 Å². The first-order valence-corrected chi connectivity index (χ1v) is 13.1. The van der Waals surface area contributed by atoms with Crippen molar-refractivity contribution in [2.45, 2.75) is 33.5 Å². The van der Waals surface area contributed by atoms with Gasteiger partial charge in [-0.3, -0.25) is 9.89 Å². The van der Waals surface area contributed by atoms with Gasteiger partial charge < -0.3 is 20.6 Å². The van der Waals surface area contributed by atoms with E-state index in [4.69, 9.17) is 10.7 Å². The molecule has 1 aliphatic heterocycles. The Hall–Kier alpha value is -3.68. The molecule has 0 saturated carbocycles. The molecule has 0 bridgehead atoms. The number of anilines is 1. The molecule has 1 atom stereocenters. The fraction of sp³-hybridized carbons (Fsp3) is 0.355. The van der Waals surface area contributed by atoms with Crippen LogP contribution in [0.25, 0.3) is 11.6 Å². The summed E-state index contributed by atoms with van der Waals surface area (Å²) in [6.07, 6.45) is 9.42. The molecule has 1 fully saturated rings. The molecule has 1 aromatic carbocycles. The highest BCUT2D eigenvalue weighted by Crippen LogP contribution is 2.22. The number of rotatable bonds is 11. The quantitative estimate of drug-likeness (QED) is 0.249. The number of aliphatic imine (C=N–C) groups is 1. The summed E-state index contributed by atoms with van der Waals surface area (Å²) in [5, 5.41) is 9.28. The predicted octanol–water partition coefficient (Wildman–Crippen LogP) is 5.02. The third-order valence-electron chi connectivity index (χ3n) is 6.88. The average molecular weight is 515 g/mol. The summed E-state index contributed by atoms with van der Waals surface area (Å²) in [6, 6.07) is 10.6. The van der Waals surface area contributed by atoms with Gasteiger partial charge in [0.2, 0.25) is 0 Å². The van der Waals surface area contributed by atoms with Crippen LogP contribution in [0.4, 0.5) is 5.82 Å². The lowest BCUT2D eigenvalue weighted by Crippen LogP contribution is -2.49. The first-order chi connectivity index (χ1) is 18.2. The second-order valence-electron chi connectivity index (χ2n) is 9.74. The third-order valence-corrected chi connectivity index (χ3v) is 6.88. The van der Waals surface area contributed by atoms with Crippen LogP contribution in [-0.4, -0.2) is 72.0 Å². The van der Waals surface area contributed by atoms with Crippen molar-refractivity contribution in [1.29, 1.82) is 0 Å². The van der Waals surface area contributed by atoms with Crippen LogP contribution in [0, 0.1) is 6.92 Å². The number of aliphatic hydroxyl groups is 1. The molecule has 1 aliphatic rings. The lowest BCUT2D eigenvalue weighted by atomic mass is 10.0. The number of allylic oxidation sites excluding steroid dienone is 3. The number of aromatic nitrogens is 1. The summed E-state index contributed by atoms with van der Waals surface area (Å²) in [6.45, 7) is 18.7. The highest BCUT2D eigenvalue weighted by atomic mass is 16.3. The molecule has 7 heteroatoms. The molecule has 0 amide bonds. The van der Waals surface area contributed by atoms with E-state index in [0.717, 1.165) is 66.5 Å². The SMILES string of the molecule is C=C(O)/C=C/c1cnc(N2CCN(C(C)N=C/C(=C\C)c3cccc(CN(C)C(=C)CN)c3)CC2)c(C)c1. The number of aryl methyl sites for hydroxylation is 1. The van der Waals surface area contributed by atoms with Crippen LogP contribution in [-0.2, 0) is 6.54 Å². The highest BCUT2D eigenvalue weighted by Gasteiger charge is 2.22. The smallest absolute Gasteiger partial charge is 0.131 e. The number of piperazine rings is 1. The Kier molecular flexibility index (Phi) is 10.4. The van der Waals surface area contributed by atoms with Gasteiger partial charge in [-0.2, -0.15) is 0 Å². The van der Waals surface area contributed by atoms with E-state index in [-0.39, 0.29) is 11.9 Å². The van der Waals surface area contributed by atoms with Gasteiger partial charge in [0.05, 0.1) is 6.17 Å². The number of aliphatic hydroxyl groups excluding tert-OH is 1. The average Bonchev–Trinajstić information content (AvgIpc) is 2.92. The standard InChI is InChI=1S/C31H42N6O/c1-7-29(30-10-8-9-28(18-30)22-35(6)24(3)19-32)21-33-26(5)36-13-15-37(16-14-36)31-23(2)17-27(20-34-31)12-11-25(4)38/h7-12,17-18,20-21,26,38H,3-4,13-16,19,22,32H2,1-2,5-6H3/b12-11+,29-7+,33-21?. The van der Waals surface area contributed by atoms with E-state index in [0.29, 0.717) is 6.54 Å². The molecule has 0 aliphatic carbocycles. The van der Waals surface area contributed by atoms with Crippen molar-refractivity contribution in [3.8, 4) is 0 Å². The Bertz CT molecular complexity index is 1210. The maximum atomic E-state index is 9.28. The molecule has 0 spiro atoms. The van der Waals surface area contributed by atoms with Crippen LogP contribution in [0.15, 0.2) is 78.3 Å². The van der Waals surface area contributed by atoms with Gasteiger partial charge >= 0.3 is 0 Å². The first kappa shape index (κ1) is 28.9. The number of hydrogen-bond donors (Lipinski definition) is 2. The topological polar surface area (TPSA) is 81.2 Å². The Morgan fingerprint density at radius 1 is 1.24 bits per heavy atom. The zero-order valence-electron chi connectivity index (χ0n) is 23.3. The zero-order chi connectivity index (χ0) is 27.7. The largest absolute Gasteiger partial charge is 0.509 e. The van der Waals surface area contributed by atoms with Gasteiger partial charge in [-0.25, -0.2) is 4.98 Å². The minimum absolute atomic E-state index is 0.0347. The summed E-state index contributed by atoms with van der Waals surface area (Å²) in [5.74, 6) is 1.05. The summed E-state index contributed by atoms with van der Waals surface area (Å²) in [5.41, 5.74) is 12.2. The third kappa shape index (κ3) is 7.91. The van der Waals surface area contributed by atoms with Gasteiger partial charge in [0, 0.05) is 64.4 Å². The van der Waals surface area contributed by atoms with Crippen molar-refractivity contribution in [1.82, 2.24) is 14.8 Å². The van der Waals surface area contributed by atoms with Gasteiger partial charge in [-0.1, -0.05) is 37.4 Å². The molecule has 3 N–H and O–H groups in total. The maximum absolute atomic E-state index is 9.28. The van der Waals surface area contributed by atoms with E-state index < -0.39 is 0 Å². The Balaban J connectivity index is 1.59. The Labute approximate surface area is 228 Å². The van der Waals surface area contributed by atoms with Gasteiger partial charge in [0.1, 0.15) is 11.6 Å². The van der Waals surface area contributed by atoms with Crippen molar-refractivity contribution in [3.63, 3.8) is 0 Å². The van der Waals surface area contributed by atoms with E-state index in [1.54, 1.807) is 6.08 Å². The van der Waals surface area contributed by atoms with E-state index in [1.165, 1.54) is 5.56 Å². The van der Waals surface area contributed by atoms with E-state index in [9.17, 15) is 5.11 Å². The zero-order valence-corrected chi connectivity index (χ0v) is 23.3. The molecule has 2 heterocycles. The summed E-state index contributed by atoms with van der Waals surface area (Å²) >= 11 is 0. The molecule has 38 heavy (non-hydrogen) atoms. The molecular formula is C31H42N6O. The number of pyridine rings is 1. The summed E-state index contributed by atoms with van der Waals surface area (Å²) < 4.78 is 0. The molecule has 202 valence electrons. The van der Waals surface area contributed by atoms with Gasteiger partial charge in [0.25, 0.3) is 0 Å². The molecule has 7 nitrogen and oxygen atoms in total. The number of nitrogens with two attached hydrogens (primary N) is 1. The molecule has 2 aromatic rings. The second-order valence-corrected chi connectivity index (χ2v) is 9.74. The van der Waals surface area contributed by atoms with E-state index >= 15 is 0 Å². The summed E-state index contributed by atoms with van der Waals surface area (Å²) in [7, 11) is 2.02. The van der Waals surface area contributed by atoms with Crippen LogP contribution in [0.2, 0.25) is 0 Å². The van der Waals surface area contributed by atoms with Gasteiger partial charge in [-0.15, -0.1) is 0 Å². The minimum atomic E-state index is 0.0347. The van der Waals surface area contributed by atoms with Crippen LogP contribution < -0.4 is 10.6 Å². The van der Waals surface area contributed by atoms with Crippen LogP contribution in [0.3, 0.4) is 0 Å². The van der Waals surface area contributed by atoms with E-state index in [1.807, 2.05) is 25.5 Å². The summed E-state index contributed by atoms with van der Waals surface area (Å²) in [4.78, 5) is 16.4. The molecule has 0 radical (unpaired) electrons. The fourth-order valence-electron chi connectivity index (χ4n) is 4.50. The predicted molar refractivity (Wildman–Crippen MR) is 161 cm³/mol. The molecule has 1 unspecified atom stereocenters. The normalized spacial score (nSPS) is 15.8. The molecule has 1 saturated heterocycles. The van der Waals surface area contributed by atoms with Crippen molar-refractivity contribution < 1.29 is 5.11 Å². The van der Waals surface area contributed by atoms with Crippen molar-refractivity contribution in [2.75, 3.05) is 44.7 Å². The monoisotopic (exact) mass is 514 g/mol.